The molecule has 35 heavy (non-hydrogen) atoms. The number of aromatic nitrogens is 5. The van der Waals surface area contributed by atoms with E-state index in [4.69, 9.17) is 9.47 Å². The van der Waals surface area contributed by atoms with Crippen LogP contribution in [0.1, 0.15) is 38.5 Å². The second kappa shape index (κ2) is 10.9. The quantitative estimate of drug-likeness (QED) is 0.387. The maximum Gasteiger partial charge on any atom is 0.163 e. The average molecular weight is 477 g/mol. The number of aromatic amines is 1. The van der Waals surface area contributed by atoms with Gasteiger partial charge in [-0.05, 0) is 44.1 Å². The van der Waals surface area contributed by atoms with Crippen LogP contribution in [0.5, 0.6) is 5.75 Å². The SMILES string of the molecule is C1CCOCC1.Cn1ncc2c(OC3CCCC3O)cc(Nc3cc(-c4ccccc4)[nH]n3)nc21. The molecule has 0 bridgehead atoms. The zero-order chi connectivity index (χ0) is 24.0. The van der Waals surface area contributed by atoms with E-state index >= 15 is 0 Å². The summed E-state index contributed by atoms with van der Waals surface area (Å²) in [5.41, 5.74) is 2.68. The molecule has 3 N–H and O–H groups in total. The molecule has 9 heteroatoms. The highest BCUT2D eigenvalue weighted by Crippen LogP contribution is 2.32. The van der Waals surface area contributed by atoms with Crippen LogP contribution in [0.15, 0.2) is 48.7 Å². The van der Waals surface area contributed by atoms with Crippen LogP contribution in [0.2, 0.25) is 0 Å². The topological polar surface area (TPSA) is 110 Å². The molecular weight excluding hydrogens is 444 g/mol. The minimum atomic E-state index is -0.439. The average Bonchev–Trinajstić information content (AvgIpc) is 3.63. The van der Waals surface area contributed by atoms with E-state index in [-0.39, 0.29) is 6.10 Å². The van der Waals surface area contributed by atoms with E-state index in [1.165, 1.54) is 19.3 Å². The first-order valence-corrected chi connectivity index (χ1v) is 12.3. The van der Waals surface area contributed by atoms with E-state index in [1.54, 1.807) is 10.9 Å². The standard InChI is InChI=1S/C21H22N6O2.C5H10O/c1-27-21-14(12-22-27)18(29-17-9-5-8-16(17)28)11-19(24-21)23-20-10-15(25-26-20)13-6-3-2-4-7-13;1-2-4-6-5-3-1/h2-4,6-7,10-12,16-17,28H,5,8-9H2,1H3,(H2,23,24,25,26);1-5H2. The number of rotatable bonds is 5. The lowest BCUT2D eigenvalue weighted by molar-refractivity contribution is 0.0614. The van der Waals surface area contributed by atoms with Gasteiger partial charge in [-0.15, -0.1) is 0 Å². The van der Waals surface area contributed by atoms with Crippen molar-refractivity contribution in [2.45, 2.75) is 50.7 Å². The molecule has 1 aromatic carbocycles. The van der Waals surface area contributed by atoms with Gasteiger partial charge < -0.3 is 19.9 Å². The molecule has 3 aromatic heterocycles. The normalized spacial score (nSPS) is 19.8. The maximum atomic E-state index is 10.2. The molecule has 0 spiro atoms. The Bertz CT molecular complexity index is 1220. The Labute approximate surface area is 204 Å². The Morgan fingerprint density at radius 2 is 1.89 bits per heavy atom. The number of H-pyrrole nitrogens is 1. The first kappa shape index (κ1) is 23.3. The number of anilines is 2. The number of nitrogens with one attached hydrogen (secondary N) is 2. The molecule has 0 amide bonds. The van der Waals surface area contributed by atoms with E-state index in [1.807, 2.05) is 49.5 Å². The van der Waals surface area contributed by atoms with Gasteiger partial charge >= 0.3 is 0 Å². The molecule has 1 saturated heterocycles. The zero-order valence-electron chi connectivity index (χ0n) is 20.0. The minimum Gasteiger partial charge on any atom is -0.487 e. The molecule has 2 fully saturated rings. The highest BCUT2D eigenvalue weighted by Gasteiger charge is 2.28. The third kappa shape index (κ3) is 5.63. The molecule has 2 aliphatic rings. The fourth-order valence-corrected chi connectivity index (χ4v) is 4.42. The number of aliphatic hydroxyl groups excluding tert-OH is 1. The highest BCUT2D eigenvalue weighted by atomic mass is 16.5. The predicted octanol–water partition coefficient (Wildman–Crippen LogP) is 4.58. The summed E-state index contributed by atoms with van der Waals surface area (Å²) in [6.07, 6.45) is 7.61. The second-order valence-electron chi connectivity index (χ2n) is 9.00. The van der Waals surface area contributed by atoms with Crippen LogP contribution in [0.4, 0.5) is 11.6 Å². The fourth-order valence-electron chi connectivity index (χ4n) is 4.42. The van der Waals surface area contributed by atoms with Crippen molar-refractivity contribution in [3.8, 4) is 17.0 Å². The van der Waals surface area contributed by atoms with Crippen molar-refractivity contribution < 1.29 is 14.6 Å². The van der Waals surface area contributed by atoms with Crippen molar-refractivity contribution in [1.82, 2.24) is 25.0 Å². The van der Waals surface area contributed by atoms with Gasteiger partial charge in [-0.1, -0.05) is 30.3 Å². The van der Waals surface area contributed by atoms with Crippen LogP contribution < -0.4 is 10.1 Å². The molecule has 1 aliphatic carbocycles. The van der Waals surface area contributed by atoms with Gasteiger partial charge in [-0.2, -0.15) is 10.2 Å². The number of aryl methyl sites for hydroxylation is 1. The molecule has 2 unspecified atom stereocenters. The monoisotopic (exact) mass is 476 g/mol. The van der Waals surface area contributed by atoms with Crippen molar-refractivity contribution in [2.24, 2.45) is 7.05 Å². The van der Waals surface area contributed by atoms with Crippen LogP contribution in [0.3, 0.4) is 0 Å². The summed E-state index contributed by atoms with van der Waals surface area (Å²) in [7, 11) is 1.84. The molecule has 1 saturated carbocycles. The molecule has 0 radical (unpaired) electrons. The van der Waals surface area contributed by atoms with Crippen molar-refractivity contribution >= 4 is 22.7 Å². The molecule has 4 aromatic rings. The van der Waals surface area contributed by atoms with Gasteiger partial charge in [-0.3, -0.25) is 9.78 Å². The van der Waals surface area contributed by atoms with Gasteiger partial charge in [0.15, 0.2) is 11.5 Å². The van der Waals surface area contributed by atoms with Crippen LogP contribution in [-0.4, -0.2) is 55.5 Å². The molecule has 184 valence electrons. The molecule has 4 heterocycles. The molecule has 9 nitrogen and oxygen atoms in total. The molecule has 2 atom stereocenters. The van der Waals surface area contributed by atoms with Gasteiger partial charge in [0.25, 0.3) is 0 Å². The smallest absolute Gasteiger partial charge is 0.163 e. The maximum absolute atomic E-state index is 10.2. The third-order valence-corrected chi connectivity index (χ3v) is 6.36. The van der Waals surface area contributed by atoms with E-state index in [0.717, 1.165) is 49.1 Å². The first-order chi connectivity index (χ1) is 17.2. The summed E-state index contributed by atoms with van der Waals surface area (Å²) >= 11 is 0. The lowest BCUT2D eigenvalue weighted by atomic mass is 10.2. The van der Waals surface area contributed by atoms with Crippen molar-refractivity contribution in [3.05, 3.63) is 48.7 Å². The van der Waals surface area contributed by atoms with E-state index in [9.17, 15) is 5.11 Å². The zero-order valence-corrected chi connectivity index (χ0v) is 20.0. The van der Waals surface area contributed by atoms with Gasteiger partial charge in [0, 0.05) is 32.4 Å². The van der Waals surface area contributed by atoms with E-state index in [0.29, 0.717) is 23.0 Å². The summed E-state index contributed by atoms with van der Waals surface area (Å²) < 4.78 is 12.9. The van der Waals surface area contributed by atoms with Gasteiger partial charge in [0.05, 0.1) is 23.4 Å². The van der Waals surface area contributed by atoms with E-state index < -0.39 is 6.10 Å². The number of nitrogens with zero attached hydrogens (tertiary/aromatic N) is 4. The van der Waals surface area contributed by atoms with Crippen LogP contribution >= 0.6 is 0 Å². The Kier molecular flexibility index (Phi) is 7.25. The Hall–Kier alpha value is -3.43. The van der Waals surface area contributed by atoms with Gasteiger partial charge in [0.1, 0.15) is 17.7 Å². The Balaban J connectivity index is 0.000000371. The molecule has 6 rings (SSSR count). The van der Waals surface area contributed by atoms with Crippen LogP contribution in [-0.2, 0) is 11.8 Å². The lowest BCUT2D eigenvalue weighted by Gasteiger charge is -2.18. The number of hydrogen-bond donors (Lipinski definition) is 3. The summed E-state index contributed by atoms with van der Waals surface area (Å²) in [5.74, 6) is 1.93. The number of benzene rings is 1. The van der Waals surface area contributed by atoms with Gasteiger partial charge in [-0.25, -0.2) is 4.98 Å². The highest BCUT2D eigenvalue weighted by molar-refractivity contribution is 5.84. The summed E-state index contributed by atoms with van der Waals surface area (Å²) in [4.78, 5) is 4.66. The summed E-state index contributed by atoms with van der Waals surface area (Å²) in [6, 6.07) is 13.8. The summed E-state index contributed by atoms with van der Waals surface area (Å²) in [6.45, 7) is 2.00. The minimum absolute atomic E-state index is 0.205. The van der Waals surface area contributed by atoms with Crippen molar-refractivity contribution in [1.29, 1.82) is 0 Å². The molecule has 1 aliphatic heterocycles. The number of hydrogen-bond acceptors (Lipinski definition) is 7. The number of aliphatic hydroxyl groups is 1. The van der Waals surface area contributed by atoms with Crippen molar-refractivity contribution in [3.63, 3.8) is 0 Å². The first-order valence-electron chi connectivity index (χ1n) is 12.3. The van der Waals surface area contributed by atoms with Crippen LogP contribution in [0, 0.1) is 0 Å². The number of pyridine rings is 1. The van der Waals surface area contributed by atoms with Crippen LogP contribution in [0.25, 0.3) is 22.3 Å². The van der Waals surface area contributed by atoms with Crippen molar-refractivity contribution in [2.75, 3.05) is 18.5 Å². The van der Waals surface area contributed by atoms with E-state index in [2.05, 4.69) is 25.6 Å². The largest absolute Gasteiger partial charge is 0.487 e. The van der Waals surface area contributed by atoms with Gasteiger partial charge in [0.2, 0.25) is 0 Å². The fraction of sp³-hybridized carbons (Fsp3) is 0.423. The second-order valence-corrected chi connectivity index (χ2v) is 9.00. The number of ether oxygens (including phenoxy) is 2. The Morgan fingerprint density at radius 3 is 2.57 bits per heavy atom. The Morgan fingerprint density at radius 1 is 1.06 bits per heavy atom. The predicted molar refractivity (Wildman–Crippen MR) is 135 cm³/mol. The lowest BCUT2D eigenvalue weighted by Crippen LogP contribution is -2.25. The third-order valence-electron chi connectivity index (χ3n) is 6.36. The number of fused-ring (bicyclic) bond motifs is 1. The molecular formula is C26H32N6O3. The summed E-state index contributed by atoms with van der Waals surface area (Å²) in [5, 5.41) is 25.9.